The summed E-state index contributed by atoms with van der Waals surface area (Å²) in [6, 6.07) is 12.3. The van der Waals surface area contributed by atoms with Gasteiger partial charge in [0.05, 0.1) is 0 Å². The second kappa shape index (κ2) is 5.10. The summed E-state index contributed by atoms with van der Waals surface area (Å²) in [4.78, 5) is 14.6. The Kier molecular flexibility index (Phi) is 3.26. The molecule has 1 aliphatic rings. The van der Waals surface area contributed by atoms with Crippen molar-refractivity contribution < 1.29 is 0 Å². The molecule has 0 saturated heterocycles. The first-order valence-electron chi connectivity index (χ1n) is 7.10. The quantitative estimate of drug-likeness (QED) is 0.806. The van der Waals surface area contributed by atoms with Crippen LogP contribution in [0.2, 0.25) is 0 Å². The third-order valence-electron chi connectivity index (χ3n) is 3.97. The number of hydrogen-bond donors (Lipinski definition) is 0. The molecule has 0 radical (unpaired) electrons. The number of aryl methyl sites for hydroxylation is 2. The van der Waals surface area contributed by atoms with Crippen molar-refractivity contribution in [2.75, 3.05) is 11.4 Å². The van der Waals surface area contributed by atoms with E-state index in [9.17, 15) is 4.79 Å². The van der Waals surface area contributed by atoms with Gasteiger partial charge >= 0.3 is 0 Å². The van der Waals surface area contributed by atoms with Crippen molar-refractivity contribution in [3.05, 3.63) is 57.4 Å². The highest BCUT2D eigenvalue weighted by Gasteiger charge is 2.21. The lowest BCUT2D eigenvalue weighted by molar-refractivity contribution is 0.575. The molecule has 0 spiro atoms. The maximum absolute atomic E-state index is 12.4. The molecule has 0 saturated carbocycles. The number of hydrogen-bond acceptors (Lipinski definition) is 3. The Hall–Kier alpha value is -2.54. The lowest BCUT2D eigenvalue weighted by Gasteiger charge is -2.32. The van der Waals surface area contributed by atoms with Gasteiger partial charge in [0.1, 0.15) is 17.5 Å². The first-order chi connectivity index (χ1) is 10.1. The third kappa shape index (κ3) is 2.21. The minimum absolute atomic E-state index is 0.177. The number of aromatic nitrogens is 1. The topological polar surface area (TPSA) is 49.0 Å². The highest BCUT2D eigenvalue weighted by molar-refractivity contribution is 5.63. The minimum Gasteiger partial charge on any atom is -0.328 e. The van der Waals surface area contributed by atoms with E-state index in [0.717, 1.165) is 30.0 Å². The zero-order valence-corrected chi connectivity index (χ0v) is 12.3. The Bertz CT molecular complexity index is 781. The SMILES string of the molecule is Cc1ccc(N2CCCn3c2cc(C)c(C#N)c3=O)cc1. The van der Waals surface area contributed by atoms with E-state index in [4.69, 9.17) is 5.26 Å². The lowest BCUT2D eigenvalue weighted by Crippen LogP contribution is -2.36. The Morgan fingerprint density at radius 3 is 2.52 bits per heavy atom. The molecule has 0 aliphatic carbocycles. The second-order valence-corrected chi connectivity index (χ2v) is 5.47. The first kappa shape index (κ1) is 13.4. The number of pyridine rings is 1. The summed E-state index contributed by atoms with van der Waals surface area (Å²) in [5, 5.41) is 9.14. The summed E-state index contributed by atoms with van der Waals surface area (Å²) in [6.07, 6.45) is 0.898. The zero-order valence-electron chi connectivity index (χ0n) is 12.3. The largest absolute Gasteiger partial charge is 0.328 e. The minimum atomic E-state index is -0.177. The summed E-state index contributed by atoms with van der Waals surface area (Å²) in [6.45, 7) is 5.43. The van der Waals surface area contributed by atoms with Crippen molar-refractivity contribution in [1.82, 2.24) is 4.57 Å². The van der Waals surface area contributed by atoms with Crippen molar-refractivity contribution in [3.63, 3.8) is 0 Å². The van der Waals surface area contributed by atoms with E-state index in [1.807, 2.05) is 19.1 Å². The predicted octanol–water partition coefficient (Wildman–Crippen LogP) is 2.88. The van der Waals surface area contributed by atoms with E-state index >= 15 is 0 Å². The Morgan fingerprint density at radius 2 is 1.86 bits per heavy atom. The molecule has 0 N–H and O–H groups in total. The van der Waals surface area contributed by atoms with Gasteiger partial charge in [0.25, 0.3) is 5.56 Å². The molecule has 21 heavy (non-hydrogen) atoms. The molecule has 1 aromatic heterocycles. The van der Waals surface area contributed by atoms with Crippen LogP contribution in [0.5, 0.6) is 0 Å². The maximum atomic E-state index is 12.4. The Morgan fingerprint density at radius 1 is 1.14 bits per heavy atom. The molecular weight excluding hydrogens is 262 g/mol. The highest BCUT2D eigenvalue weighted by atomic mass is 16.1. The van der Waals surface area contributed by atoms with Gasteiger partial charge in [-0.2, -0.15) is 5.26 Å². The lowest BCUT2D eigenvalue weighted by atomic mass is 10.1. The normalized spacial score (nSPS) is 13.7. The van der Waals surface area contributed by atoms with Gasteiger partial charge in [-0.3, -0.25) is 9.36 Å². The van der Waals surface area contributed by atoms with Crippen LogP contribution in [-0.4, -0.2) is 11.1 Å². The molecule has 0 atom stereocenters. The van der Waals surface area contributed by atoms with Crippen LogP contribution in [0.1, 0.15) is 23.1 Å². The van der Waals surface area contributed by atoms with E-state index in [1.165, 1.54) is 5.56 Å². The van der Waals surface area contributed by atoms with Crippen molar-refractivity contribution >= 4 is 11.5 Å². The van der Waals surface area contributed by atoms with Crippen LogP contribution in [0.4, 0.5) is 11.5 Å². The van der Waals surface area contributed by atoms with Gasteiger partial charge in [0, 0.05) is 18.8 Å². The van der Waals surface area contributed by atoms with Gasteiger partial charge in [-0.15, -0.1) is 0 Å². The fourth-order valence-corrected chi connectivity index (χ4v) is 2.81. The van der Waals surface area contributed by atoms with Gasteiger partial charge in [0.15, 0.2) is 0 Å². The molecule has 1 aromatic carbocycles. The van der Waals surface area contributed by atoms with Crippen molar-refractivity contribution in [3.8, 4) is 6.07 Å². The average Bonchev–Trinajstić information content (AvgIpc) is 2.48. The summed E-state index contributed by atoms with van der Waals surface area (Å²) in [5.74, 6) is 0.881. The molecule has 1 aliphatic heterocycles. The highest BCUT2D eigenvalue weighted by Crippen LogP contribution is 2.29. The molecule has 0 amide bonds. The van der Waals surface area contributed by atoms with Crippen molar-refractivity contribution in [1.29, 1.82) is 5.26 Å². The number of rotatable bonds is 1. The molecule has 2 aromatic rings. The van der Waals surface area contributed by atoms with Gasteiger partial charge in [-0.1, -0.05) is 17.7 Å². The molecule has 4 heteroatoms. The molecule has 0 fully saturated rings. The van der Waals surface area contributed by atoms with Crippen LogP contribution in [0.15, 0.2) is 35.1 Å². The van der Waals surface area contributed by atoms with E-state index in [1.54, 1.807) is 4.57 Å². The van der Waals surface area contributed by atoms with Gasteiger partial charge in [-0.05, 0) is 44.0 Å². The summed E-state index contributed by atoms with van der Waals surface area (Å²) < 4.78 is 1.72. The summed E-state index contributed by atoms with van der Waals surface area (Å²) >= 11 is 0. The molecule has 2 heterocycles. The average molecular weight is 279 g/mol. The summed E-state index contributed by atoms with van der Waals surface area (Å²) in [5.41, 5.74) is 3.11. The molecule has 4 nitrogen and oxygen atoms in total. The first-order valence-corrected chi connectivity index (χ1v) is 7.10. The Balaban J connectivity index is 2.17. The molecule has 0 unspecified atom stereocenters. The number of nitrogens with zero attached hydrogens (tertiary/aromatic N) is 3. The van der Waals surface area contributed by atoms with Gasteiger partial charge < -0.3 is 4.90 Å². The smallest absolute Gasteiger partial charge is 0.270 e. The number of anilines is 2. The van der Waals surface area contributed by atoms with Crippen LogP contribution < -0.4 is 10.5 Å². The van der Waals surface area contributed by atoms with E-state index in [-0.39, 0.29) is 11.1 Å². The van der Waals surface area contributed by atoms with Crippen molar-refractivity contribution in [2.24, 2.45) is 0 Å². The van der Waals surface area contributed by atoms with Crippen LogP contribution >= 0.6 is 0 Å². The van der Waals surface area contributed by atoms with Crippen LogP contribution in [0, 0.1) is 25.2 Å². The molecule has 0 bridgehead atoms. The maximum Gasteiger partial charge on any atom is 0.270 e. The fourth-order valence-electron chi connectivity index (χ4n) is 2.81. The van der Waals surface area contributed by atoms with Crippen molar-refractivity contribution in [2.45, 2.75) is 26.8 Å². The number of nitriles is 1. The predicted molar refractivity (Wildman–Crippen MR) is 83.0 cm³/mol. The van der Waals surface area contributed by atoms with Crippen LogP contribution in [0.3, 0.4) is 0 Å². The fraction of sp³-hybridized carbons (Fsp3) is 0.294. The second-order valence-electron chi connectivity index (χ2n) is 5.47. The van der Waals surface area contributed by atoms with E-state index in [2.05, 4.69) is 36.1 Å². The number of fused-ring (bicyclic) bond motifs is 1. The molecule has 106 valence electrons. The summed E-state index contributed by atoms with van der Waals surface area (Å²) in [7, 11) is 0. The van der Waals surface area contributed by atoms with E-state index < -0.39 is 0 Å². The Labute approximate surface area is 123 Å². The molecular formula is C17H17N3O. The number of benzene rings is 1. The van der Waals surface area contributed by atoms with Gasteiger partial charge in [0.2, 0.25) is 0 Å². The molecule has 3 rings (SSSR count). The van der Waals surface area contributed by atoms with Crippen LogP contribution in [0.25, 0.3) is 0 Å². The third-order valence-corrected chi connectivity index (χ3v) is 3.97. The monoisotopic (exact) mass is 279 g/mol. The van der Waals surface area contributed by atoms with Crippen LogP contribution in [-0.2, 0) is 6.54 Å². The zero-order chi connectivity index (χ0) is 15.0. The standard InChI is InChI=1S/C17H17N3O/c1-12-4-6-14(7-5-12)19-8-3-9-20-16(19)10-13(2)15(11-18)17(20)21/h4-7,10H,3,8-9H2,1-2H3. The van der Waals surface area contributed by atoms with E-state index in [0.29, 0.717) is 6.54 Å². The van der Waals surface area contributed by atoms with Gasteiger partial charge in [-0.25, -0.2) is 0 Å².